The lowest BCUT2D eigenvalue weighted by Gasteiger charge is -2.20. The number of hydrogen-bond donors (Lipinski definition) is 3. The molecule has 1 atom stereocenters. The maximum absolute atomic E-state index is 12.5. The fourth-order valence-corrected chi connectivity index (χ4v) is 2.74. The molecule has 1 aromatic heterocycles. The van der Waals surface area contributed by atoms with Gasteiger partial charge in [0.25, 0.3) is 0 Å². The Morgan fingerprint density at radius 2 is 1.79 bits per heavy atom. The topological polar surface area (TPSA) is 74.0 Å². The van der Waals surface area contributed by atoms with Gasteiger partial charge >= 0.3 is 0 Å². The van der Waals surface area contributed by atoms with E-state index >= 15 is 0 Å². The molecule has 2 amide bonds. The Bertz CT molecular complexity index is 703. The second-order valence-corrected chi connectivity index (χ2v) is 6.94. The van der Waals surface area contributed by atoms with Gasteiger partial charge in [-0.1, -0.05) is 32.0 Å². The lowest BCUT2D eigenvalue weighted by Crippen LogP contribution is -2.49. The minimum Gasteiger partial charge on any atom is -0.361 e. The first-order chi connectivity index (χ1) is 11.4. The van der Waals surface area contributed by atoms with Gasteiger partial charge in [-0.3, -0.25) is 9.59 Å². The van der Waals surface area contributed by atoms with E-state index < -0.39 is 6.04 Å². The summed E-state index contributed by atoms with van der Waals surface area (Å²) < 4.78 is 0. The van der Waals surface area contributed by atoms with Crippen molar-refractivity contribution in [1.29, 1.82) is 0 Å². The molecule has 130 valence electrons. The lowest BCUT2D eigenvalue weighted by molar-refractivity contribution is -0.129. The maximum Gasteiger partial charge on any atom is 0.243 e. The van der Waals surface area contributed by atoms with Gasteiger partial charge in [-0.2, -0.15) is 0 Å². The van der Waals surface area contributed by atoms with Gasteiger partial charge < -0.3 is 15.6 Å². The van der Waals surface area contributed by atoms with E-state index in [2.05, 4.69) is 15.6 Å². The molecule has 0 radical (unpaired) electrons. The van der Waals surface area contributed by atoms with Gasteiger partial charge in [0.2, 0.25) is 11.8 Å². The molecular weight excluding hydrogens is 302 g/mol. The molecule has 1 aromatic carbocycles. The van der Waals surface area contributed by atoms with Crippen molar-refractivity contribution in [3.8, 4) is 0 Å². The number of carbonyl (C=O) groups is 2. The molecular formula is C19H27N3O2. The summed E-state index contributed by atoms with van der Waals surface area (Å²) in [5, 5.41) is 6.87. The Kier molecular flexibility index (Phi) is 6.01. The van der Waals surface area contributed by atoms with E-state index in [-0.39, 0.29) is 23.8 Å². The van der Waals surface area contributed by atoms with Crippen LogP contribution in [0.1, 0.15) is 39.7 Å². The number of H-pyrrole nitrogens is 1. The predicted molar refractivity (Wildman–Crippen MR) is 96.7 cm³/mol. The zero-order chi connectivity index (χ0) is 17.7. The zero-order valence-electron chi connectivity index (χ0n) is 14.8. The van der Waals surface area contributed by atoms with Crippen molar-refractivity contribution in [2.45, 2.75) is 52.6 Å². The fourth-order valence-electron chi connectivity index (χ4n) is 2.74. The van der Waals surface area contributed by atoms with Gasteiger partial charge in [-0.15, -0.1) is 0 Å². The van der Waals surface area contributed by atoms with Crippen molar-refractivity contribution >= 4 is 22.7 Å². The van der Waals surface area contributed by atoms with Crippen LogP contribution in [0.15, 0.2) is 30.5 Å². The van der Waals surface area contributed by atoms with Gasteiger partial charge in [-0.25, -0.2) is 0 Å². The van der Waals surface area contributed by atoms with Crippen LogP contribution in [0, 0.1) is 5.92 Å². The summed E-state index contributed by atoms with van der Waals surface area (Å²) in [5.74, 6) is 0.0213. The summed E-state index contributed by atoms with van der Waals surface area (Å²) in [7, 11) is 0. The highest BCUT2D eigenvalue weighted by molar-refractivity contribution is 5.89. The number of para-hydroxylation sites is 1. The van der Waals surface area contributed by atoms with Gasteiger partial charge in [0.1, 0.15) is 6.04 Å². The number of hydrogen-bond acceptors (Lipinski definition) is 2. The SMILES string of the molecule is CC(C)CC(=O)N[C@@H](Cc1c[nH]c2ccccc12)C(=O)NC(C)C. The number of amides is 2. The molecule has 5 nitrogen and oxygen atoms in total. The van der Waals surface area contributed by atoms with E-state index in [1.807, 2.05) is 58.2 Å². The normalized spacial score (nSPS) is 12.6. The molecule has 2 aromatic rings. The number of carbonyl (C=O) groups excluding carboxylic acids is 2. The monoisotopic (exact) mass is 329 g/mol. The molecule has 24 heavy (non-hydrogen) atoms. The molecule has 0 spiro atoms. The highest BCUT2D eigenvalue weighted by Gasteiger charge is 2.23. The van der Waals surface area contributed by atoms with E-state index in [4.69, 9.17) is 0 Å². The van der Waals surface area contributed by atoms with Crippen LogP contribution in [-0.4, -0.2) is 28.9 Å². The quantitative estimate of drug-likeness (QED) is 0.731. The first-order valence-corrected chi connectivity index (χ1v) is 8.51. The van der Waals surface area contributed by atoms with E-state index in [9.17, 15) is 9.59 Å². The summed E-state index contributed by atoms with van der Waals surface area (Å²) in [4.78, 5) is 27.9. The highest BCUT2D eigenvalue weighted by atomic mass is 16.2. The standard InChI is InChI=1S/C19H27N3O2/c1-12(2)9-18(23)22-17(19(24)21-13(3)4)10-14-11-20-16-8-6-5-7-15(14)16/h5-8,11-13,17,20H,9-10H2,1-4H3,(H,21,24)(H,22,23)/t17-/m0/s1. The molecule has 3 N–H and O–H groups in total. The number of benzene rings is 1. The largest absolute Gasteiger partial charge is 0.361 e. The Morgan fingerprint density at radius 1 is 1.08 bits per heavy atom. The Labute approximate surface area is 143 Å². The first-order valence-electron chi connectivity index (χ1n) is 8.51. The highest BCUT2D eigenvalue weighted by Crippen LogP contribution is 2.19. The predicted octanol–water partition coefficient (Wildman–Crippen LogP) is 2.77. The molecule has 1 heterocycles. The Morgan fingerprint density at radius 3 is 2.46 bits per heavy atom. The van der Waals surface area contributed by atoms with Crippen LogP contribution < -0.4 is 10.6 Å². The molecule has 0 aliphatic heterocycles. The second kappa shape index (κ2) is 7.99. The van der Waals surface area contributed by atoms with Crippen molar-refractivity contribution in [1.82, 2.24) is 15.6 Å². The second-order valence-electron chi connectivity index (χ2n) is 6.94. The van der Waals surface area contributed by atoms with E-state index in [1.54, 1.807) is 0 Å². The molecule has 0 aliphatic rings. The van der Waals surface area contributed by atoms with E-state index in [0.717, 1.165) is 16.5 Å². The fraction of sp³-hybridized carbons (Fsp3) is 0.474. The molecule has 5 heteroatoms. The van der Waals surface area contributed by atoms with Crippen LogP contribution in [0.2, 0.25) is 0 Å². The lowest BCUT2D eigenvalue weighted by atomic mass is 10.0. The number of aromatic nitrogens is 1. The van der Waals surface area contributed by atoms with Crippen LogP contribution in [0.4, 0.5) is 0 Å². The molecule has 0 unspecified atom stereocenters. The van der Waals surface area contributed by atoms with Gasteiger partial charge in [0, 0.05) is 36.0 Å². The van der Waals surface area contributed by atoms with Gasteiger partial charge in [-0.05, 0) is 31.4 Å². The van der Waals surface area contributed by atoms with Crippen LogP contribution in [0.3, 0.4) is 0 Å². The van der Waals surface area contributed by atoms with E-state index in [1.165, 1.54) is 0 Å². The number of rotatable bonds is 7. The molecule has 2 rings (SSSR count). The summed E-state index contributed by atoms with van der Waals surface area (Å²) in [6.45, 7) is 7.80. The smallest absolute Gasteiger partial charge is 0.243 e. The van der Waals surface area contributed by atoms with Crippen LogP contribution in [0.25, 0.3) is 10.9 Å². The average molecular weight is 329 g/mol. The number of aromatic amines is 1. The van der Waals surface area contributed by atoms with Crippen molar-refractivity contribution < 1.29 is 9.59 Å². The van der Waals surface area contributed by atoms with Crippen LogP contribution in [0.5, 0.6) is 0 Å². The summed E-state index contributed by atoms with van der Waals surface area (Å²) >= 11 is 0. The summed E-state index contributed by atoms with van der Waals surface area (Å²) in [6, 6.07) is 7.42. The van der Waals surface area contributed by atoms with Crippen molar-refractivity contribution in [2.24, 2.45) is 5.92 Å². The molecule has 0 saturated heterocycles. The molecule has 0 aliphatic carbocycles. The minimum absolute atomic E-state index is 0.0324. The molecule has 0 fully saturated rings. The summed E-state index contributed by atoms with van der Waals surface area (Å²) in [5.41, 5.74) is 2.06. The zero-order valence-corrected chi connectivity index (χ0v) is 14.8. The Balaban J connectivity index is 2.18. The molecule has 0 saturated carbocycles. The van der Waals surface area contributed by atoms with Crippen LogP contribution in [-0.2, 0) is 16.0 Å². The third kappa shape index (κ3) is 4.85. The van der Waals surface area contributed by atoms with Crippen molar-refractivity contribution in [2.75, 3.05) is 0 Å². The third-order valence-electron chi connectivity index (χ3n) is 3.78. The number of fused-ring (bicyclic) bond motifs is 1. The Hall–Kier alpha value is -2.30. The minimum atomic E-state index is -0.571. The molecule has 0 bridgehead atoms. The van der Waals surface area contributed by atoms with Gasteiger partial charge in [0.05, 0.1) is 0 Å². The summed E-state index contributed by atoms with van der Waals surface area (Å²) in [6.07, 6.45) is 2.79. The number of nitrogens with one attached hydrogen (secondary N) is 3. The van der Waals surface area contributed by atoms with Crippen molar-refractivity contribution in [3.05, 3.63) is 36.0 Å². The third-order valence-corrected chi connectivity index (χ3v) is 3.78. The van der Waals surface area contributed by atoms with Crippen molar-refractivity contribution in [3.63, 3.8) is 0 Å². The average Bonchev–Trinajstić information content (AvgIpc) is 2.88. The maximum atomic E-state index is 12.5. The van der Waals surface area contributed by atoms with E-state index in [0.29, 0.717) is 12.8 Å². The first kappa shape index (κ1) is 18.0. The van der Waals surface area contributed by atoms with Crippen LogP contribution >= 0.6 is 0 Å². The van der Waals surface area contributed by atoms with Gasteiger partial charge in [0.15, 0.2) is 0 Å².